The second kappa shape index (κ2) is 5.14. The van der Waals surface area contributed by atoms with Gasteiger partial charge in [-0.2, -0.15) is 13.2 Å². The zero-order valence-corrected chi connectivity index (χ0v) is 9.92. The van der Waals surface area contributed by atoms with Crippen molar-refractivity contribution >= 4 is 0 Å². The van der Waals surface area contributed by atoms with E-state index in [1.807, 2.05) is 0 Å². The van der Waals surface area contributed by atoms with Crippen LogP contribution in [0, 0.1) is 17.8 Å². The first-order chi connectivity index (χ1) is 7.98. The van der Waals surface area contributed by atoms with Gasteiger partial charge in [0.05, 0.1) is 13.2 Å². The van der Waals surface area contributed by atoms with E-state index in [1.165, 1.54) is 24.2 Å². The molecule has 1 N–H and O–H groups in total. The Morgan fingerprint density at radius 3 is 2.41 bits per heavy atom. The van der Waals surface area contributed by atoms with Gasteiger partial charge in [0.2, 0.25) is 0 Å². The smallest absolute Gasteiger partial charge is 0.395 e. The number of hydrogen-bond donors (Lipinski definition) is 1. The SMILES string of the molecule is OCCN(CC1CC2CCC1C2)CC(F)(F)F. The zero-order chi connectivity index (χ0) is 12.5. The summed E-state index contributed by atoms with van der Waals surface area (Å²) in [6.07, 6.45) is 0.593. The Hall–Kier alpha value is -0.290. The van der Waals surface area contributed by atoms with Gasteiger partial charge in [-0.15, -0.1) is 0 Å². The average molecular weight is 251 g/mol. The van der Waals surface area contributed by atoms with E-state index in [4.69, 9.17) is 5.11 Å². The summed E-state index contributed by atoms with van der Waals surface area (Å²) < 4.78 is 37.1. The molecule has 17 heavy (non-hydrogen) atoms. The first kappa shape index (κ1) is 13.1. The van der Waals surface area contributed by atoms with Crippen LogP contribution in [-0.4, -0.2) is 42.4 Å². The number of rotatable bonds is 5. The summed E-state index contributed by atoms with van der Waals surface area (Å²) >= 11 is 0. The van der Waals surface area contributed by atoms with E-state index in [9.17, 15) is 13.2 Å². The highest BCUT2D eigenvalue weighted by molar-refractivity contribution is 4.91. The second-order valence-electron chi connectivity index (χ2n) is 5.51. The third kappa shape index (κ3) is 3.58. The Kier molecular flexibility index (Phi) is 3.98. The minimum Gasteiger partial charge on any atom is -0.395 e. The molecule has 0 aromatic carbocycles. The fourth-order valence-electron chi connectivity index (χ4n) is 3.56. The van der Waals surface area contributed by atoms with Gasteiger partial charge in [-0.25, -0.2) is 0 Å². The Balaban J connectivity index is 1.85. The molecule has 3 atom stereocenters. The lowest BCUT2D eigenvalue weighted by Gasteiger charge is -2.30. The number of fused-ring (bicyclic) bond motifs is 2. The second-order valence-corrected chi connectivity index (χ2v) is 5.51. The summed E-state index contributed by atoms with van der Waals surface area (Å²) in [6.45, 7) is -0.451. The molecule has 2 aliphatic carbocycles. The average Bonchev–Trinajstić information content (AvgIpc) is 2.76. The van der Waals surface area contributed by atoms with Crippen LogP contribution in [0.3, 0.4) is 0 Å². The van der Waals surface area contributed by atoms with Gasteiger partial charge < -0.3 is 5.11 Å². The van der Waals surface area contributed by atoms with Crippen molar-refractivity contribution in [1.29, 1.82) is 0 Å². The van der Waals surface area contributed by atoms with Crippen LogP contribution in [0.25, 0.3) is 0 Å². The molecule has 3 unspecified atom stereocenters. The number of aliphatic hydroxyl groups is 1. The van der Waals surface area contributed by atoms with Crippen LogP contribution in [0.1, 0.15) is 25.7 Å². The molecule has 0 radical (unpaired) electrons. The van der Waals surface area contributed by atoms with Crippen LogP contribution < -0.4 is 0 Å². The maximum Gasteiger partial charge on any atom is 0.401 e. The molecule has 0 aliphatic heterocycles. The summed E-state index contributed by atoms with van der Waals surface area (Å²) in [6, 6.07) is 0. The van der Waals surface area contributed by atoms with E-state index < -0.39 is 12.7 Å². The fraction of sp³-hybridized carbons (Fsp3) is 1.00. The Labute approximate surface area is 99.8 Å². The number of aliphatic hydroxyl groups excluding tert-OH is 1. The maximum atomic E-state index is 12.4. The fourth-order valence-corrected chi connectivity index (χ4v) is 3.56. The molecule has 2 fully saturated rings. The van der Waals surface area contributed by atoms with Gasteiger partial charge >= 0.3 is 6.18 Å². The van der Waals surface area contributed by atoms with Crippen molar-refractivity contribution < 1.29 is 18.3 Å². The van der Waals surface area contributed by atoms with Crippen molar-refractivity contribution in [3.05, 3.63) is 0 Å². The van der Waals surface area contributed by atoms with E-state index >= 15 is 0 Å². The molecule has 0 aromatic rings. The highest BCUT2D eigenvalue weighted by Crippen LogP contribution is 2.48. The van der Waals surface area contributed by atoms with Gasteiger partial charge in [0.1, 0.15) is 0 Å². The third-order valence-electron chi connectivity index (χ3n) is 4.20. The third-order valence-corrected chi connectivity index (χ3v) is 4.20. The van der Waals surface area contributed by atoms with E-state index in [0.29, 0.717) is 18.4 Å². The van der Waals surface area contributed by atoms with Crippen molar-refractivity contribution in [2.45, 2.75) is 31.9 Å². The van der Waals surface area contributed by atoms with Crippen LogP contribution >= 0.6 is 0 Å². The van der Waals surface area contributed by atoms with Crippen molar-refractivity contribution in [2.75, 3.05) is 26.2 Å². The lowest BCUT2D eigenvalue weighted by molar-refractivity contribution is -0.148. The topological polar surface area (TPSA) is 23.5 Å². The predicted octanol–water partition coefficient (Wildman–Crippen LogP) is 2.28. The van der Waals surface area contributed by atoms with Gasteiger partial charge in [0.25, 0.3) is 0 Å². The minimum atomic E-state index is -4.16. The molecule has 2 aliphatic rings. The standard InChI is InChI=1S/C12H20F3NO/c13-12(14,15)8-16(3-4-17)7-11-6-9-1-2-10(11)5-9/h9-11,17H,1-8H2. The molecule has 0 amide bonds. The van der Waals surface area contributed by atoms with Crippen LogP contribution in [-0.2, 0) is 0 Å². The number of halogens is 3. The maximum absolute atomic E-state index is 12.4. The minimum absolute atomic E-state index is 0.132. The van der Waals surface area contributed by atoms with Crippen LogP contribution in [0.4, 0.5) is 13.2 Å². The van der Waals surface area contributed by atoms with Gasteiger partial charge in [0, 0.05) is 13.1 Å². The number of alkyl halides is 3. The summed E-state index contributed by atoms with van der Waals surface area (Å²) in [4.78, 5) is 1.37. The van der Waals surface area contributed by atoms with Crippen molar-refractivity contribution in [2.24, 2.45) is 17.8 Å². The Morgan fingerprint density at radius 1 is 1.18 bits per heavy atom. The van der Waals surface area contributed by atoms with E-state index in [1.54, 1.807) is 0 Å². The Bertz CT molecular complexity index is 257. The normalized spacial score (nSPS) is 32.6. The first-order valence-electron chi connectivity index (χ1n) is 6.38. The van der Waals surface area contributed by atoms with E-state index in [2.05, 4.69) is 0 Å². The largest absolute Gasteiger partial charge is 0.401 e. The van der Waals surface area contributed by atoms with Gasteiger partial charge in [-0.1, -0.05) is 6.42 Å². The first-order valence-corrected chi connectivity index (χ1v) is 6.38. The predicted molar refractivity (Wildman–Crippen MR) is 58.5 cm³/mol. The molecule has 2 nitrogen and oxygen atoms in total. The molecular formula is C12H20F3NO. The van der Waals surface area contributed by atoms with Crippen molar-refractivity contribution in [3.8, 4) is 0 Å². The molecule has 2 saturated carbocycles. The highest BCUT2D eigenvalue weighted by atomic mass is 19.4. The molecule has 0 spiro atoms. The number of nitrogens with zero attached hydrogens (tertiary/aromatic N) is 1. The molecule has 5 heteroatoms. The summed E-state index contributed by atoms with van der Waals surface area (Å²) in [5, 5.41) is 8.83. The quantitative estimate of drug-likeness (QED) is 0.810. The van der Waals surface area contributed by atoms with E-state index in [-0.39, 0.29) is 13.2 Å². The molecular weight excluding hydrogens is 231 g/mol. The molecule has 0 saturated heterocycles. The van der Waals surface area contributed by atoms with Crippen LogP contribution in [0.2, 0.25) is 0 Å². The van der Waals surface area contributed by atoms with Crippen LogP contribution in [0.15, 0.2) is 0 Å². The monoisotopic (exact) mass is 251 g/mol. The lowest BCUT2D eigenvalue weighted by Crippen LogP contribution is -2.40. The van der Waals surface area contributed by atoms with Gasteiger partial charge in [-0.3, -0.25) is 4.90 Å². The summed E-state index contributed by atoms with van der Waals surface area (Å²) in [7, 11) is 0. The van der Waals surface area contributed by atoms with E-state index in [0.717, 1.165) is 12.3 Å². The lowest BCUT2D eigenvalue weighted by atomic mass is 9.88. The summed E-state index contributed by atoms with van der Waals surface area (Å²) in [5.41, 5.74) is 0. The van der Waals surface area contributed by atoms with Gasteiger partial charge in [-0.05, 0) is 37.0 Å². The molecule has 100 valence electrons. The molecule has 2 rings (SSSR count). The van der Waals surface area contributed by atoms with Gasteiger partial charge in [0.15, 0.2) is 0 Å². The Morgan fingerprint density at radius 2 is 1.94 bits per heavy atom. The number of hydrogen-bond acceptors (Lipinski definition) is 2. The molecule has 0 aromatic heterocycles. The van der Waals surface area contributed by atoms with Crippen molar-refractivity contribution in [1.82, 2.24) is 4.90 Å². The zero-order valence-electron chi connectivity index (χ0n) is 9.92. The molecule has 0 heterocycles. The summed E-state index contributed by atoms with van der Waals surface area (Å²) in [5.74, 6) is 1.81. The molecule has 2 bridgehead atoms. The highest BCUT2D eigenvalue weighted by Gasteiger charge is 2.41. The van der Waals surface area contributed by atoms with Crippen LogP contribution in [0.5, 0.6) is 0 Å². The van der Waals surface area contributed by atoms with Crippen molar-refractivity contribution in [3.63, 3.8) is 0 Å².